The van der Waals surface area contributed by atoms with Gasteiger partial charge in [0.25, 0.3) is 0 Å². The molecule has 1 aromatic rings. The second-order valence-corrected chi connectivity index (χ2v) is 7.48. The molecule has 2 aliphatic carbocycles. The predicted molar refractivity (Wildman–Crippen MR) is 87.5 cm³/mol. The summed E-state index contributed by atoms with van der Waals surface area (Å²) in [7, 11) is 0. The lowest BCUT2D eigenvalue weighted by atomic mass is 9.93. The maximum Gasteiger partial charge on any atom is 0.123 e. The molecular formula is C19H27FN2. The molecule has 3 fully saturated rings. The molecule has 0 bridgehead atoms. The van der Waals surface area contributed by atoms with Crippen LogP contribution in [0.25, 0.3) is 0 Å². The Hall–Kier alpha value is -0.930. The number of hydrogen-bond donors (Lipinski definition) is 1. The van der Waals surface area contributed by atoms with Crippen molar-refractivity contribution in [3.05, 3.63) is 35.6 Å². The monoisotopic (exact) mass is 302 g/mol. The van der Waals surface area contributed by atoms with E-state index in [9.17, 15) is 4.39 Å². The maximum atomic E-state index is 13.1. The molecule has 3 atom stereocenters. The van der Waals surface area contributed by atoms with Gasteiger partial charge in [-0.1, -0.05) is 18.6 Å². The van der Waals surface area contributed by atoms with Crippen molar-refractivity contribution < 1.29 is 4.39 Å². The normalized spacial score (nSPS) is 32.7. The van der Waals surface area contributed by atoms with E-state index in [-0.39, 0.29) is 5.82 Å². The molecule has 0 amide bonds. The molecule has 3 unspecified atom stereocenters. The van der Waals surface area contributed by atoms with Gasteiger partial charge in [-0.3, -0.25) is 0 Å². The first-order valence-corrected chi connectivity index (χ1v) is 9.02. The SMILES string of the molecule is Fc1ccc(C2CCCC2NCC2CCN(C3CC3)C2)cc1. The molecule has 3 aliphatic rings. The molecule has 2 saturated carbocycles. The van der Waals surface area contributed by atoms with Crippen LogP contribution in [0.2, 0.25) is 0 Å². The summed E-state index contributed by atoms with van der Waals surface area (Å²) in [5.41, 5.74) is 1.31. The highest BCUT2D eigenvalue weighted by atomic mass is 19.1. The standard InChI is InChI=1S/C19H27FN2/c20-16-6-4-15(5-7-16)18-2-1-3-19(18)21-12-14-10-11-22(13-14)17-8-9-17/h4-7,14,17-19,21H,1-3,8-13H2. The zero-order valence-electron chi connectivity index (χ0n) is 13.3. The Kier molecular flexibility index (Phi) is 4.19. The number of rotatable bonds is 5. The first-order chi connectivity index (χ1) is 10.8. The van der Waals surface area contributed by atoms with Gasteiger partial charge >= 0.3 is 0 Å². The highest BCUT2D eigenvalue weighted by Gasteiger charge is 2.35. The molecular weight excluding hydrogens is 275 g/mol. The Labute approximate surface area is 133 Å². The molecule has 1 heterocycles. The third-order valence-corrected chi connectivity index (χ3v) is 5.86. The number of nitrogens with zero attached hydrogens (tertiary/aromatic N) is 1. The van der Waals surface area contributed by atoms with Crippen LogP contribution in [0.5, 0.6) is 0 Å². The second kappa shape index (κ2) is 6.29. The lowest BCUT2D eigenvalue weighted by molar-refractivity contribution is 0.308. The van der Waals surface area contributed by atoms with Crippen molar-refractivity contribution in [2.75, 3.05) is 19.6 Å². The van der Waals surface area contributed by atoms with Crippen LogP contribution in [0, 0.1) is 11.7 Å². The average molecular weight is 302 g/mol. The molecule has 1 aliphatic heterocycles. The number of benzene rings is 1. The van der Waals surface area contributed by atoms with Gasteiger partial charge in [0.15, 0.2) is 0 Å². The van der Waals surface area contributed by atoms with E-state index in [4.69, 9.17) is 0 Å². The van der Waals surface area contributed by atoms with Crippen molar-refractivity contribution >= 4 is 0 Å². The molecule has 0 aromatic heterocycles. The molecule has 0 radical (unpaired) electrons. The highest BCUT2D eigenvalue weighted by molar-refractivity contribution is 5.23. The molecule has 1 saturated heterocycles. The molecule has 120 valence electrons. The van der Waals surface area contributed by atoms with Crippen molar-refractivity contribution in [3.63, 3.8) is 0 Å². The van der Waals surface area contributed by atoms with Crippen LogP contribution in [0.15, 0.2) is 24.3 Å². The Morgan fingerprint density at radius 1 is 1.05 bits per heavy atom. The zero-order valence-corrected chi connectivity index (χ0v) is 13.3. The Balaban J connectivity index is 1.31. The van der Waals surface area contributed by atoms with Crippen molar-refractivity contribution in [2.24, 2.45) is 5.92 Å². The molecule has 0 spiro atoms. The summed E-state index contributed by atoms with van der Waals surface area (Å²) < 4.78 is 13.1. The number of halogens is 1. The topological polar surface area (TPSA) is 15.3 Å². The van der Waals surface area contributed by atoms with Gasteiger partial charge in [0.2, 0.25) is 0 Å². The van der Waals surface area contributed by atoms with Gasteiger partial charge < -0.3 is 10.2 Å². The van der Waals surface area contributed by atoms with Crippen molar-refractivity contribution in [2.45, 2.75) is 56.5 Å². The highest BCUT2D eigenvalue weighted by Crippen LogP contribution is 2.35. The lowest BCUT2D eigenvalue weighted by Crippen LogP contribution is -2.36. The maximum absolute atomic E-state index is 13.1. The fourth-order valence-electron chi connectivity index (χ4n) is 4.43. The smallest absolute Gasteiger partial charge is 0.123 e. The largest absolute Gasteiger partial charge is 0.313 e. The lowest BCUT2D eigenvalue weighted by Gasteiger charge is -2.23. The van der Waals surface area contributed by atoms with Crippen LogP contribution in [0.4, 0.5) is 4.39 Å². The Morgan fingerprint density at radius 2 is 1.86 bits per heavy atom. The van der Waals surface area contributed by atoms with E-state index < -0.39 is 0 Å². The summed E-state index contributed by atoms with van der Waals surface area (Å²) in [5, 5.41) is 3.85. The van der Waals surface area contributed by atoms with Crippen molar-refractivity contribution in [3.8, 4) is 0 Å². The number of hydrogen-bond acceptors (Lipinski definition) is 2. The van der Waals surface area contributed by atoms with Crippen LogP contribution in [0.3, 0.4) is 0 Å². The minimum atomic E-state index is -0.127. The fraction of sp³-hybridized carbons (Fsp3) is 0.684. The Bertz CT molecular complexity index is 497. The average Bonchev–Trinajstić information content (AvgIpc) is 3.10. The van der Waals surface area contributed by atoms with E-state index in [0.717, 1.165) is 18.5 Å². The van der Waals surface area contributed by atoms with Gasteiger partial charge in [0, 0.05) is 18.6 Å². The van der Waals surface area contributed by atoms with Crippen LogP contribution < -0.4 is 5.32 Å². The van der Waals surface area contributed by atoms with Gasteiger partial charge in [-0.2, -0.15) is 0 Å². The van der Waals surface area contributed by atoms with Crippen molar-refractivity contribution in [1.82, 2.24) is 10.2 Å². The minimum Gasteiger partial charge on any atom is -0.313 e. The van der Waals surface area contributed by atoms with E-state index in [1.165, 1.54) is 57.2 Å². The summed E-state index contributed by atoms with van der Waals surface area (Å²) in [6.07, 6.45) is 8.00. The van der Waals surface area contributed by atoms with Crippen LogP contribution in [0.1, 0.15) is 50.0 Å². The molecule has 3 heteroatoms. The van der Waals surface area contributed by atoms with Gasteiger partial charge in [-0.15, -0.1) is 0 Å². The molecule has 2 nitrogen and oxygen atoms in total. The summed E-state index contributed by atoms with van der Waals surface area (Å²) >= 11 is 0. The first kappa shape index (κ1) is 14.6. The summed E-state index contributed by atoms with van der Waals surface area (Å²) in [4.78, 5) is 2.69. The molecule has 22 heavy (non-hydrogen) atoms. The fourth-order valence-corrected chi connectivity index (χ4v) is 4.43. The molecule has 4 rings (SSSR count). The predicted octanol–water partition coefficient (Wildman–Crippen LogP) is 3.54. The minimum absolute atomic E-state index is 0.127. The van der Waals surface area contributed by atoms with Gasteiger partial charge in [0.1, 0.15) is 5.82 Å². The van der Waals surface area contributed by atoms with E-state index in [0.29, 0.717) is 12.0 Å². The van der Waals surface area contributed by atoms with Crippen molar-refractivity contribution in [1.29, 1.82) is 0 Å². The van der Waals surface area contributed by atoms with Crippen LogP contribution in [-0.4, -0.2) is 36.6 Å². The Morgan fingerprint density at radius 3 is 2.64 bits per heavy atom. The van der Waals surface area contributed by atoms with E-state index >= 15 is 0 Å². The molecule has 1 aromatic carbocycles. The van der Waals surface area contributed by atoms with Gasteiger partial charge in [-0.05, 0) is 74.7 Å². The zero-order chi connectivity index (χ0) is 14.9. The van der Waals surface area contributed by atoms with Crippen LogP contribution >= 0.6 is 0 Å². The van der Waals surface area contributed by atoms with Crippen LogP contribution in [-0.2, 0) is 0 Å². The van der Waals surface area contributed by atoms with E-state index in [1.807, 2.05) is 12.1 Å². The summed E-state index contributed by atoms with van der Waals surface area (Å²) in [6, 6.07) is 8.67. The summed E-state index contributed by atoms with van der Waals surface area (Å²) in [5.74, 6) is 1.27. The number of likely N-dealkylation sites (tertiary alicyclic amines) is 1. The summed E-state index contributed by atoms with van der Waals surface area (Å²) in [6.45, 7) is 3.76. The number of nitrogens with one attached hydrogen (secondary N) is 1. The van der Waals surface area contributed by atoms with E-state index in [1.54, 1.807) is 12.1 Å². The first-order valence-electron chi connectivity index (χ1n) is 9.02. The second-order valence-electron chi connectivity index (χ2n) is 7.48. The third-order valence-electron chi connectivity index (χ3n) is 5.86. The third kappa shape index (κ3) is 3.21. The van der Waals surface area contributed by atoms with Gasteiger partial charge in [-0.25, -0.2) is 4.39 Å². The van der Waals surface area contributed by atoms with E-state index in [2.05, 4.69) is 10.2 Å². The quantitative estimate of drug-likeness (QED) is 0.895. The molecule has 1 N–H and O–H groups in total. The van der Waals surface area contributed by atoms with Gasteiger partial charge in [0.05, 0.1) is 0 Å².